The van der Waals surface area contributed by atoms with E-state index in [4.69, 9.17) is 0 Å². The van der Waals surface area contributed by atoms with Crippen molar-refractivity contribution < 1.29 is 4.79 Å². The predicted octanol–water partition coefficient (Wildman–Crippen LogP) is 1.57. The molecule has 1 amide bonds. The summed E-state index contributed by atoms with van der Waals surface area (Å²) in [4.78, 5) is 14.6. The van der Waals surface area contributed by atoms with Crippen molar-refractivity contribution in [3.05, 3.63) is 15.9 Å². The fraction of sp³-hybridized carbons (Fsp3) is 0.765. The second kappa shape index (κ2) is 7.97. The van der Waals surface area contributed by atoms with Crippen molar-refractivity contribution in [3.63, 3.8) is 0 Å². The number of rotatable bonds is 5. The Balaban J connectivity index is 1.50. The lowest BCUT2D eigenvalue weighted by atomic mass is 9.97. The Morgan fingerprint density at radius 1 is 1.42 bits per heavy atom. The molecule has 0 bridgehead atoms. The van der Waals surface area contributed by atoms with Gasteiger partial charge in [0.25, 0.3) is 0 Å². The lowest BCUT2D eigenvalue weighted by Crippen LogP contribution is -2.45. The lowest BCUT2D eigenvalue weighted by molar-refractivity contribution is -0.123. The van der Waals surface area contributed by atoms with Crippen LogP contribution in [0.1, 0.15) is 37.1 Å². The van der Waals surface area contributed by atoms with E-state index in [1.165, 1.54) is 18.5 Å². The van der Waals surface area contributed by atoms with Crippen molar-refractivity contribution in [2.75, 3.05) is 26.2 Å². The van der Waals surface area contributed by atoms with Crippen LogP contribution in [-0.2, 0) is 18.4 Å². The summed E-state index contributed by atoms with van der Waals surface area (Å²) in [6, 6.07) is 0.0260. The second-order valence-electron chi connectivity index (χ2n) is 7.11. The first-order valence-electron chi connectivity index (χ1n) is 8.96. The van der Waals surface area contributed by atoms with Gasteiger partial charge in [0.15, 0.2) is 0 Å². The minimum absolute atomic E-state index is 0.0260. The van der Waals surface area contributed by atoms with Crippen LogP contribution in [0, 0.1) is 12.8 Å². The normalized spacial score (nSPS) is 25.1. The van der Waals surface area contributed by atoms with E-state index in [0.717, 1.165) is 55.7 Å². The summed E-state index contributed by atoms with van der Waals surface area (Å²) < 4.78 is 3.09. The minimum atomic E-state index is 0.0260. The molecule has 1 aromatic rings. The SMILES string of the molecule is Cc1nn(C)c(CN2CCCC(CNC(=O)C3CCCN3)C2)c1Br. The first-order valence-corrected chi connectivity index (χ1v) is 9.75. The van der Waals surface area contributed by atoms with Gasteiger partial charge in [-0.2, -0.15) is 5.10 Å². The van der Waals surface area contributed by atoms with E-state index in [9.17, 15) is 4.79 Å². The van der Waals surface area contributed by atoms with Crippen LogP contribution in [0.3, 0.4) is 0 Å². The second-order valence-corrected chi connectivity index (χ2v) is 7.90. The summed E-state index contributed by atoms with van der Waals surface area (Å²) in [7, 11) is 2.00. The van der Waals surface area contributed by atoms with E-state index in [-0.39, 0.29) is 11.9 Å². The number of carbonyl (C=O) groups excluding carboxylic acids is 1. The highest BCUT2D eigenvalue weighted by molar-refractivity contribution is 9.10. The van der Waals surface area contributed by atoms with Gasteiger partial charge in [0.1, 0.15) is 0 Å². The summed E-state index contributed by atoms with van der Waals surface area (Å²) in [6.45, 7) is 6.85. The minimum Gasteiger partial charge on any atom is -0.354 e. The first kappa shape index (κ1) is 17.9. The largest absolute Gasteiger partial charge is 0.354 e. The van der Waals surface area contributed by atoms with Gasteiger partial charge in [-0.1, -0.05) is 0 Å². The average Bonchev–Trinajstić information content (AvgIpc) is 3.18. The van der Waals surface area contributed by atoms with Crippen LogP contribution in [0.4, 0.5) is 0 Å². The molecule has 2 atom stereocenters. The molecule has 7 heteroatoms. The molecule has 0 aromatic carbocycles. The molecule has 134 valence electrons. The first-order chi connectivity index (χ1) is 11.5. The Hall–Kier alpha value is -0.920. The fourth-order valence-corrected chi connectivity index (χ4v) is 4.26. The number of halogens is 1. The van der Waals surface area contributed by atoms with Gasteiger partial charge < -0.3 is 10.6 Å². The molecule has 3 rings (SSSR count). The Bertz CT molecular complexity index is 582. The highest BCUT2D eigenvalue weighted by atomic mass is 79.9. The molecule has 2 saturated heterocycles. The Kier molecular flexibility index (Phi) is 5.94. The summed E-state index contributed by atoms with van der Waals surface area (Å²) in [5.74, 6) is 0.715. The third kappa shape index (κ3) is 4.18. The number of nitrogens with zero attached hydrogens (tertiary/aromatic N) is 3. The zero-order valence-corrected chi connectivity index (χ0v) is 16.2. The number of likely N-dealkylation sites (tertiary alicyclic amines) is 1. The molecule has 2 aliphatic rings. The van der Waals surface area contributed by atoms with Crippen LogP contribution in [0.5, 0.6) is 0 Å². The quantitative estimate of drug-likeness (QED) is 0.791. The standard InChI is InChI=1S/C17H28BrN5O/c1-12-16(18)15(22(2)21-12)11-23-8-4-5-13(10-23)9-20-17(24)14-6-3-7-19-14/h13-14,19H,3-11H2,1-2H3,(H,20,24). The molecule has 2 aliphatic heterocycles. The zero-order valence-electron chi connectivity index (χ0n) is 14.6. The summed E-state index contributed by atoms with van der Waals surface area (Å²) in [5.41, 5.74) is 2.27. The van der Waals surface area contributed by atoms with Crippen molar-refractivity contribution in [1.29, 1.82) is 0 Å². The molecular formula is C17H28BrN5O. The van der Waals surface area contributed by atoms with Crippen LogP contribution in [0.25, 0.3) is 0 Å². The summed E-state index contributed by atoms with van der Waals surface area (Å²) in [6.07, 6.45) is 4.46. The van der Waals surface area contributed by atoms with Crippen molar-refractivity contribution in [2.24, 2.45) is 13.0 Å². The smallest absolute Gasteiger partial charge is 0.237 e. The van der Waals surface area contributed by atoms with Gasteiger partial charge in [0, 0.05) is 26.7 Å². The van der Waals surface area contributed by atoms with Crippen LogP contribution in [0.15, 0.2) is 4.47 Å². The molecule has 6 nitrogen and oxygen atoms in total. The van der Waals surface area contributed by atoms with E-state index < -0.39 is 0 Å². The monoisotopic (exact) mass is 397 g/mol. The maximum absolute atomic E-state index is 12.1. The number of nitrogens with one attached hydrogen (secondary N) is 2. The van der Waals surface area contributed by atoms with Gasteiger partial charge in [-0.25, -0.2) is 0 Å². The molecule has 2 unspecified atom stereocenters. The summed E-state index contributed by atoms with van der Waals surface area (Å²) in [5, 5.41) is 10.9. The van der Waals surface area contributed by atoms with Crippen molar-refractivity contribution in [1.82, 2.24) is 25.3 Å². The van der Waals surface area contributed by atoms with Crippen LogP contribution in [-0.4, -0.2) is 52.8 Å². The van der Waals surface area contributed by atoms with E-state index in [1.807, 2.05) is 18.7 Å². The molecular weight excluding hydrogens is 370 g/mol. The number of amides is 1. The highest BCUT2D eigenvalue weighted by Crippen LogP contribution is 2.24. The van der Waals surface area contributed by atoms with Gasteiger partial charge in [0.05, 0.1) is 21.9 Å². The molecule has 0 spiro atoms. The van der Waals surface area contributed by atoms with Crippen LogP contribution < -0.4 is 10.6 Å². The number of aromatic nitrogens is 2. The van der Waals surface area contributed by atoms with E-state index in [0.29, 0.717) is 5.92 Å². The Morgan fingerprint density at radius 2 is 2.25 bits per heavy atom. The van der Waals surface area contributed by atoms with Crippen LogP contribution >= 0.6 is 15.9 Å². The predicted molar refractivity (Wildman–Crippen MR) is 97.7 cm³/mol. The van der Waals surface area contributed by atoms with Gasteiger partial charge in [-0.15, -0.1) is 0 Å². The number of carbonyl (C=O) groups is 1. The fourth-order valence-electron chi connectivity index (χ4n) is 3.80. The average molecular weight is 398 g/mol. The topological polar surface area (TPSA) is 62.2 Å². The van der Waals surface area contributed by atoms with E-state index in [1.54, 1.807) is 0 Å². The maximum Gasteiger partial charge on any atom is 0.237 e. The Morgan fingerprint density at radius 3 is 2.92 bits per heavy atom. The van der Waals surface area contributed by atoms with Gasteiger partial charge in [0.2, 0.25) is 5.91 Å². The number of aryl methyl sites for hydroxylation is 2. The third-order valence-corrected chi connectivity index (χ3v) is 6.21. The molecule has 0 saturated carbocycles. The van der Waals surface area contributed by atoms with Crippen LogP contribution in [0.2, 0.25) is 0 Å². The molecule has 1 aromatic heterocycles. The molecule has 2 N–H and O–H groups in total. The van der Waals surface area contributed by atoms with Crippen molar-refractivity contribution >= 4 is 21.8 Å². The molecule has 2 fully saturated rings. The van der Waals surface area contributed by atoms with Crippen molar-refractivity contribution in [2.45, 2.75) is 45.2 Å². The molecule has 0 aliphatic carbocycles. The molecule has 3 heterocycles. The van der Waals surface area contributed by atoms with E-state index in [2.05, 4.69) is 36.6 Å². The molecule has 0 radical (unpaired) electrons. The number of piperidine rings is 1. The van der Waals surface area contributed by atoms with Gasteiger partial charge >= 0.3 is 0 Å². The van der Waals surface area contributed by atoms with E-state index >= 15 is 0 Å². The van der Waals surface area contributed by atoms with Gasteiger partial charge in [-0.3, -0.25) is 14.4 Å². The summed E-state index contributed by atoms with van der Waals surface area (Å²) >= 11 is 3.66. The number of hydrogen-bond acceptors (Lipinski definition) is 4. The Labute approximate surface area is 152 Å². The maximum atomic E-state index is 12.1. The van der Waals surface area contributed by atoms with Crippen molar-refractivity contribution in [3.8, 4) is 0 Å². The lowest BCUT2D eigenvalue weighted by Gasteiger charge is -2.33. The highest BCUT2D eigenvalue weighted by Gasteiger charge is 2.25. The van der Waals surface area contributed by atoms with Gasteiger partial charge in [-0.05, 0) is 67.5 Å². The molecule has 24 heavy (non-hydrogen) atoms. The number of hydrogen-bond donors (Lipinski definition) is 2. The zero-order chi connectivity index (χ0) is 17.1. The third-order valence-electron chi connectivity index (χ3n) is 5.18.